The second-order valence-electron chi connectivity index (χ2n) is 9.40. The smallest absolute Gasteiger partial charge is 0.327 e. The van der Waals surface area contributed by atoms with Gasteiger partial charge in [0.15, 0.2) is 5.78 Å². The van der Waals surface area contributed by atoms with Gasteiger partial charge in [0.1, 0.15) is 12.1 Å². The van der Waals surface area contributed by atoms with E-state index in [1.165, 1.54) is 17.8 Å². The maximum absolute atomic E-state index is 13.6. The average molecular weight is 552 g/mol. The number of amides is 1. The molecule has 7 N–H and O–H groups in total. The fraction of sp³-hybridized carbons (Fsp3) is 0.310. The van der Waals surface area contributed by atoms with Crippen molar-refractivity contribution in [2.45, 2.75) is 43.1 Å². The normalized spacial score (nSPS) is 18.6. The minimum absolute atomic E-state index is 0.0491. The van der Waals surface area contributed by atoms with E-state index in [9.17, 15) is 24.3 Å². The molecule has 0 aliphatic heterocycles. The lowest BCUT2D eigenvalue weighted by Gasteiger charge is -2.37. The van der Waals surface area contributed by atoms with E-state index in [2.05, 4.69) is 5.32 Å². The Morgan fingerprint density at radius 1 is 0.897 bits per heavy atom. The monoisotopic (exact) mass is 551 g/mol. The molecule has 0 fully saturated rings. The highest BCUT2D eigenvalue weighted by molar-refractivity contribution is 7.98. The highest BCUT2D eigenvalue weighted by atomic mass is 32.2. The van der Waals surface area contributed by atoms with E-state index < -0.39 is 47.2 Å². The van der Waals surface area contributed by atoms with Crippen LogP contribution in [0.4, 0.5) is 0 Å². The van der Waals surface area contributed by atoms with Crippen molar-refractivity contribution in [3.8, 4) is 11.1 Å². The van der Waals surface area contributed by atoms with Crippen LogP contribution in [0.2, 0.25) is 0 Å². The van der Waals surface area contributed by atoms with Crippen molar-refractivity contribution in [2.75, 3.05) is 5.75 Å². The van der Waals surface area contributed by atoms with Crippen LogP contribution in [0.3, 0.4) is 0 Å². The predicted octanol–water partition coefficient (Wildman–Crippen LogP) is 2.75. The second-order valence-corrected chi connectivity index (χ2v) is 10.4. The van der Waals surface area contributed by atoms with Crippen molar-refractivity contribution < 1.29 is 29.4 Å². The summed E-state index contributed by atoms with van der Waals surface area (Å²) in [6.07, 6.45) is 5.97. The summed E-state index contributed by atoms with van der Waals surface area (Å²) in [6.45, 7) is 0. The topological polar surface area (TPSA) is 173 Å². The molecule has 3 rings (SSSR count). The van der Waals surface area contributed by atoms with E-state index in [1.807, 2.05) is 54.6 Å². The summed E-state index contributed by atoms with van der Waals surface area (Å²) in [4.78, 5) is 49.3. The standard InChI is InChI=1S/C29H33N3O6S/c30-22(27(35)36)13-14-24(33)32-25(28(37)38)29(15-5-2-6-16-29)26(34)23(31)18-39-17-19-9-11-21(12-10-19)20-7-3-1-4-8-20/h1-12,15,22-23,25H,13-14,16-18,30-31H2,(H,32,33)(H,35,36)(H,37,38)/t22-,23-,25-,29?/m0/s1. The number of aliphatic carboxylic acids is 2. The van der Waals surface area contributed by atoms with Crippen LogP contribution in [-0.2, 0) is 24.9 Å². The molecule has 4 atom stereocenters. The Hall–Kier alpha value is -3.73. The van der Waals surface area contributed by atoms with Gasteiger partial charge in [0, 0.05) is 17.9 Å². The molecule has 0 saturated heterocycles. The van der Waals surface area contributed by atoms with Gasteiger partial charge in [-0.25, -0.2) is 4.79 Å². The largest absolute Gasteiger partial charge is 0.480 e. The first-order chi connectivity index (χ1) is 18.6. The molecule has 39 heavy (non-hydrogen) atoms. The molecule has 206 valence electrons. The van der Waals surface area contributed by atoms with E-state index in [0.29, 0.717) is 5.75 Å². The molecule has 2 aromatic rings. The summed E-state index contributed by atoms with van der Waals surface area (Å²) in [5.41, 5.74) is 13.4. The maximum atomic E-state index is 13.6. The number of thioether (sulfide) groups is 1. The Kier molecular flexibility index (Phi) is 10.6. The van der Waals surface area contributed by atoms with E-state index in [0.717, 1.165) is 16.7 Å². The fourth-order valence-electron chi connectivity index (χ4n) is 4.38. The summed E-state index contributed by atoms with van der Waals surface area (Å²) in [5, 5.41) is 21.3. The zero-order valence-electron chi connectivity index (χ0n) is 21.4. The second kappa shape index (κ2) is 13.9. The molecule has 2 aromatic carbocycles. The summed E-state index contributed by atoms with van der Waals surface area (Å²) < 4.78 is 0. The molecular weight excluding hydrogens is 518 g/mol. The lowest BCUT2D eigenvalue weighted by molar-refractivity contribution is -0.149. The summed E-state index contributed by atoms with van der Waals surface area (Å²) in [6, 6.07) is 14.3. The Balaban J connectivity index is 1.64. The fourth-order valence-corrected chi connectivity index (χ4v) is 5.33. The van der Waals surface area contributed by atoms with Gasteiger partial charge < -0.3 is 27.0 Å². The highest BCUT2D eigenvalue weighted by Gasteiger charge is 2.49. The average Bonchev–Trinajstić information content (AvgIpc) is 2.95. The van der Waals surface area contributed by atoms with Crippen molar-refractivity contribution in [3.05, 3.63) is 84.5 Å². The summed E-state index contributed by atoms with van der Waals surface area (Å²) in [5.74, 6) is -2.99. The predicted molar refractivity (Wildman–Crippen MR) is 151 cm³/mol. The quantitative estimate of drug-likeness (QED) is 0.237. The number of carbonyl (C=O) groups excluding carboxylic acids is 2. The third-order valence-corrected chi connectivity index (χ3v) is 7.72. The van der Waals surface area contributed by atoms with Gasteiger partial charge in [-0.15, -0.1) is 0 Å². The van der Waals surface area contributed by atoms with Crippen LogP contribution < -0.4 is 16.8 Å². The van der Waals surface area contributed by atoms with Crippen molar-refractivity contribution in [1.29, 1.82) is 0 Å². The number of carboxylic acid groups (broad SMARTS) is 2. The minimum Gasteiger partial charge on any atom is -0.480 e. The van der Waals surface area contributed by atoms with Crippen molar-refractivity contribution in [3.63, 3.8) is 0 Å². The third kappa shape index (κ3) is 7.89. The number of benzene rings is 2. The molecule has 10 heteroatoms. The first kappa shape index (κ1) is 29.8. The molecule has 0 heterocycles. The molecule has 9 nitrogen and oxygen atoms in total. The van der Waals surface area contributed by atoms with E-state index >= 15 is 0 Å². The Morgan fingerprint density at radius 2 is 1.56 bits per heavy atom. The van der Waals surface area contributed by atoms with Gasteiger partial charge in [0.05, 0.1) is 11.5 Å². The first-order valence-corrected chi connectivity index (χ1v) is 13.7. The lowest BCUT2D eigenvalue weighted by atomic mass is 9.70. The first-order valence-electron chi connectivity index (χ1n) is 12.5. The Bertz CT molecular complexity index is 1230. The number of nitrogens with two attached hydrogens (primary N) is 2. The van der Waals surface area contributed by atoms with Crippen LogP contribution >= 0.6 is 11.8 Å². The highest BCUT2D eigenvalue weighted by Crippen LogP contribution is 2.35. The molecule has 0 spiro atoms. The SMILES string of the molecule is N[C@@H](CCC(=O)N[C@@H](C(=O)O)C1(C(=O)[C@@H](N)CSCc2ccc(-c3ccccc3)cc2)C=CC=CC1)C(=O)O. The van der Waals surface area contributed by atoms with Gasteiger partial charge in [-0.2, -0.15) is 11.8 Å². The number of hydrogen-bond acceptors (Lipinski definition) is 7. The van der Waals surface area contributed by atoms with Gasteiger partial charge in [-0.3, -0.25) is 14.4 Å². The number of nitrogens with one attached hydrogen (secondary N) is 1. The molecule has 1 unspecified atom stereocenters. The van der Waals surface area contributed by atoms with Gasteiger partial charge in [-0.1, -0.05) is 78.9 Å². The zero-order chi connectivity index (χ0) is 28.4. The number of ketones is 1. The van der Waals surface area contributed by atoms with Gasteiger partial charge in [0.2, 0.25) is 5.91 Å². The Labute approximate surface area is 231 Å². The van der Waals surface area contributed by atoms with Crippen molar-refractivity contribution >= 4 is 35.4 Å². The van der Waals surface area contributed by atoms with Crippen LogP contribution in [0.5, 0.6) is 0 Å². The molecule has 0 aromatic heterocycles. The molecule has 1 amide bonds. The van der Waals surface area contributed by atoms with Crippen molar-refractivity contribution in [1.82, 2.24) is 5.32 Å². The van der Waals surface area contributed by atoms with Crippen LogP contribution in [-0.4, -0.2) is 57.7 Å². The molecule has 1 aliphatic carbocycles. The lowest BCUT2D eigenvalue weighted by Crippen LogP contribution is -2.59. The number of hydrogen-bond donors (Lipinski definition) is 5. The number of rotatable bonds is 14. The minimum atomic E-state index is -1.58. The maximum Gasteiger partial charge on any atom is 0.327 e. The molecule has 1 aliphatic rings. The van der Waals surface area contributed by atoms with Crippen LogP contribution in [0.25, 0.3) is 11.1 Å². The molecule has 0 saturated carbocycles. The number of carbonyl (C=O) groups is 4. The summed E-state index contributed by atoms with van der Waals surface area (Å²) in [7, 11) is 0. The van der Waals surface area contributed by atoms with Crippen molar-refractivity contribution in [2.24, 2.45) is 16.9 Å². The summed E-state index contributed by atoms with van der Waals surface area (Å²) >= 11 is 1.46. The van der Waals surface area contributed by atoms with Gasteiger partial charge in [0.25, 0.3) is 0 Å². The van der Waals surface area contributed by atoms with E-state index in [4.69, 9.17) is 16.6 Å². The van der Waals surface area contributed by atoms with Crippen LogP contribution in [0.15, 0.2) is 78.9 Å². The molecule has 0 bridgehead atoms. The molecule has 0 radical (unpaired) electrons. The van der Waals surface area contributed by atoms with Crippen LogP contribution in [0, 0.1) is 5.41 Å². The zero-order valence-corrected chi connectivity index (χ0v) is 22.2. The number of Topliss-reactive ketones (excluding diaryl/α,β-unsaturated/α-hetero) is 1. The van der Waals surface area contributed by atoms with Gasteiger partial charge >= 0.3 is 11.9 Å². The van der Waals surface area contributed by atoms with Gasteiger partial charge in [-0.05, 0) is 29.5 Å². The number of carboxylic acids is 2. The third-order valence-electron chi connectivity index (χ3n) is 6.59. The Morgan fingerprint density at radius 3 is 2.15 bits per heavy atom. The number of allylic oxidation sites excluding steroid dienone is 3. The molecular formula is C29H33N3O6S. The van der Waals surface area contributed by atoms with Crippen LogP contribution in [0.1, 0.15) is 24.8 Å². The van der Waals surface area contributed by atoms with E-state index in [-0.39, 0.29) is 25.0 Å². The van der Waals surface area contributed by atoms with E-state index in [1.54, 1.807) is 18.2 Å².